The second kappa shape index (κ2) is 8.30. The van der Waals surface area contributed by atoms with Crippen LogP contribution in [0.25, 0.3) is 0 Å². The van der Waals surface area contributed by atoms with Crippen molar-refractivity contribution in [2.24, 2.45) is 0 Å². The zero-order valence-corrected chi connectivity index (χ0v) is 15.9. The third-order valence-corrected chi connectivity index (χ3v) is 4.57. The first kappa shape index (κ1) is 19.0. The first-order valence-corrected chi connectivity index (χ1v) is 9.19. The Kier molecular flexibility index (Phi) is 5.85. The molecule has 27 heavy (non-hydrogen) atoms. The van der Waals surface area contributed by atoms with Gasteiger partial charge in [0.2, 0.25) is 6.79 Å². The SMILES string of the molecule is CCOC(=O)C1=C(C[NH+](C)Cc2ccc3c(c2)OCO3)NC(=O)N[C@H]1CC. The van der Waals surface area contributed by atoms with E-state index in [4.69, 9.17) is 14.2 Å². The second-order valence-electron chi connectivity index (χ2n) is 6.67. The fourth-order valence-corrected chi connectivity index (χ4v) is 3.36. The number of nitrogens with one attached hydrogen (secondary N) is 3. The van der Waals surface area contributed by atoms with Gasteiger partial charge in [-0.05, 0) is 31.5 Å². The molecule has 1 aromatic carbocycles. The van der Waals surface area contributed by atoms with Crippen molar-refractivity contribution in [1.29, 1.82) is 0 Å². The van der Waals surface area contributed by atoms with Gasteiger partial charge in [0.05, 0.1) is 31.0 Å². The summed E-state index contributed by atoms with van der Waals surface area (Å²) in [5.41, 5.74) is 2.20. The van der Waals surface area contributed by atoms with Gasteiger partial charge >= 0.3 is 12.0 Å². The number of amides is 2. The molecule has 2 atom stereocenters. The molecule has 1 unspecified atom stereocenters. The van der Waals surface area contributed by atoms with Crippen LogP contribution in [0.1, 0.15) is 25.8 Å². The van der Waals surface area contributed by atoms with Gasteiger partial charge in [-0.3, -0.25) is 0 Å². The van der Waals surface area contributed by atoms with E-state index in [1.54, 1.807) is 6.92 Å². The lowest BCUT2D eigenvalue weighted by molar-refractivity contribution is -0.889. The molecule has 2 aliphatic heterocycles. The van der Waals surface area contributed by atoms with Crippen molar-refractivity contribution in [3.63, 3.8) is 0 Å². The molecule has 0 saturated carbocycles. The molecule has 0 aromatic heterocycles. The molecule has 8 nitrogen and oxygen atoms in total. The number of likely N-dealkylation sites (N-methyl/N-ethyl adjacent to an activating group) is 1. The molecule has 146 valence electrons. The number of esters is 1. The van der Waals surface area contributed by atoms with Crippen molar-refractivity contribution in [2.75, 3.05) is 27.0 Å². The predicted molar refractivity (Wildman–Crippen MR) is 97.4 cm³/mol. The minimum atomic E-state index is -0.386. The van der Waals surface area contributed by atoms with E-state index in [0.29, 0.717) is 37.4 Å². The molecule has 2 heterocycles. The monoisotopic (exact) mass is 376 g/mol. The van der Waals surface area contributed by atoms with Crippen molar-refractivity contribution in [3.8, 4) is 11.5 Å². The summed E-state index contributed by atoms with van der Waals surface area (Å²) >= 11 is 0. The Labute approximate surface area is 158 Å². The number of urea groups is 1. The molecule has 0 radical (unpaired) electrons. The Morgan fingerprint density at radius 3 is 2.78 bits per heavy atom. The van der Waals surface area contributed by atoms with Gasteiger partial charge in [0.1, 0.15) is 13.1 Å². The smallest absolute Gasteiger partial charge is 0.338 e. The second-order valence-corrected chi connectivity index (χ2v) is 6.67. The highest BCUT2D eigenvalue weighted by Crippen LogP contribution is 2.32. The number of benzene rings is 1. The third-order valence-electron chi connectivity index (χ3n) is 4.57. The number of carbonyl (C=O) groups excluding carboxylic acids is 2. The minimum absolute atomic E-state index is 0.245. The zero-order chi connectivity index (χ0) is 19.4. The maximum atomic E-state index is 12.4. The van der Waals surface area contributed by atoms with Gasteiger partial charge in [0.15, 0.2) is 11.5 Å². The van der Waals surface area contributed by atoms with Gasteiger partial charge in [-0.15, -0.1) is 0 Å². The first-order valence-electron chi connectivity index (χ1n) is 9.19. The summed E-state index contributed by atoms with van der Waals surface area (Å²) < 4.78 is 16.0. The number of carbonyl (C=O) groups is 2. The van der Waals surface area contributed by atoms with Crippen molar-refractivity contribution < 1.29 is 28.7 Å². The van der Waals surface area contributed by atoms with Crippen LogP contribution in [0.2, 0.25) is 0 Å². The number of quaternary nitrogens is 1. The lowest BCUT2D eigenvalue weighted by Gasteiger charge is -2.29. The number of fused-ring (bicyclic) bond motifs is 1. The van der Waals surface area contributed by atoms with E-state index in [0.717, 1.165) is 22.0 Å². The molecule has 3 N–H and O–H groups in total. The van der Waals surface area contributed by atoms with Gasteiger partial charge in [0.25, 0.3) is 0 Å². The summed E-state index contributed by atoms with van der Waals surface area (Å²) in [4.78, 5) is 25.5. The van der Waals surface area contributed by atoms with Gasteiger partial charge in [0, 0.05) is 5.56 Å². The first-order chi connectivity index (χ1) is 13.0. The molecule has 2 aliphatic rings. The average molecular weight is 376 g/mol. The van der Waals surface area contributed by atoms with Crippen molar-refractivity contribution in [1.82, 2.24) is 10.6 Å². The zero-order valence-electron chi connectivity index (χ0n) is 15.9. The lowest BCUT2D eigenvalue weighted by Crippen LogP contribution is -3.08. The highest BCUT2D eigenvalue weighted by Gasteiger charge is 2.32. The summed E-state index contributed by atoms with van der Waals surface area (Å²) in [6.07, 6.45) is 0.617. The van der Waals surface area contributed by atoms with Gasteiger partial charge in [-0.2, -0.15) is 0 Å². The molecular formula is C19H26N3O5+. The summed E-state index contributed by atoms with van der Waals surface area (Å²) in [5.74, 6) is 1.11. The van der Waals surface area contributed by atoms with Crippen LogP contribution >= 0.6 is 0 Å². The molecule has 8 heteroatoms. The van der Waals surface area contributed by atoms with Crippen LogP contribution in [0.4, 0.5) is 4.79 Å². The predicted octanol–water partition coefficient (Wildman–Crippen LogP) is 0.339. The van der Waals surface area contributed by atoms with Crippen LogP contribution in [-0.2, 0) is 16.1 Å². The lowest BCUT2D eigenvalue weighted by atomic mass is 10.00. The van der Waals surface area contributed by atoms with Crippen LogP contribution in [0.3, 0.4) is 0 Å². The minimum Gasteiger partial charge on any atom is -0.463 e. The molecule has 2 amide bonds. The van der Waals surface area contributed by atoms with Crippen LogP contribution in [0.15, 0.2) is 29.5 Å². The maximum Gasteiger partial charge on any atom is 0.338 e. The van der Waals surface area contributed by atoms with E-state index in [1.807, 2.05) is 32.2 Å². The molecule has 3 rings (SSSR count). The maximum absolute atomic E-state index is 12.4. The summed E-state index contributed by atoms with van der Waals surface area (Å²) in [6.45, 7) is 5.43. The average Bonchev–Trinajstić information content (AvgIpc) is 3.08. The molecule has 0 fully saturated rings. The number of hydrogen-bond donors (Lipinski definition) is 3. The van der Waals surface area contributed by atoms with Crippen LogP contribution in [0.5, 0.6) is 11.5 Å². The summed E-state index contributed by atoms with van der Waals surface area (Å²) in [5, 5.41) is 5.58. The third kappa shape index (κ3) is 4.33. The van der Waals surface area contributed by atoms with E-state index < -0.39 is 0 Å². The summed E-state index contributed by atoms with van der Waals surface area (Å²) in [7, 11) is 2.01. The topological polar surface area (TPSA) is 90.3 Å². The van der Waals surface area contributed by atoms with Gasteiger partial charge in [-0.1, -0.05) is 6.92 Å². The molecule has 0 aliphatic carbocycles. The Hall–Kier alpha value is -2.74. The van der Waals surface area contributed by atoms with E-state index in [9.17, 15) is 9.59 Å². The van der Waals surface area contributed by atoms with Crippen LogP contribution in [0, 0.1) is 0 Å². The van der Waals surface area contributed by atoms with Crippen molar-refractivity contribution >= 4 is 12.0 Å². The quantitative estimate of drug-likeness (QED) is 0.597. The van der Waals surface area contributed by atoms with Crippen LogP contribution in [-0.4, -0.2) is 45.0 Å². The largest absolute Gasteiger partial charge is 0.463 e. The molecule has 1 aromatic rings. The number of hydrogen-bond acceptors (Lipinski definition) is 5. The van der Waals surface area contributed by atoms with Crippen LogP contribution < -0.4 is 25.0 Å². The highest BCUT2D eigenvalue weighted by molar-refractivity contribution is 5.94. The molecule has 0 bridgehead atoms. The fraction of sp³-hybridized carbons (Fsp3) is 0.474. The Morgan fingerprint density at radius 2 is 2.04 bits per heavy atom. The molecular weight excluding hydrogens is 350 g/mol. The number of ether oxygens (including phenoxy) is 3. The standard InChI is InChI=1S/C19H25N3O5/c1-4-13-17(18(23)25-5-2)14(21-19(24)20-13)10-22(3)9-12-6-7-15-16(8-12)27-11-26-15/h6-8,13H,4-5,9-11H2,1-3H3,(H2,20,21,24)/p+1/t13-/m0/s1. The van der Waals surface area contributed by atoms with Gasteiger partial charge in [-0.25, -0.2) is 9.59 Å². The van der Waals surface area contributed by atoms with E-state index in [-0.39, 0.29) is 24.8 Å². The fourth-order valence-electron chi connectivity index (χ4n) is 3.36. The van der Waals surface area contributed by atoms with Crippen molar-refractivity contribution in [3.05, 3.63) is 35.0 Å². The molecule has 0 spiro atoms. The number of rotatable bonds is 7. The highest BCUT2D eigenvalue weighted by atomic mass is 16.7. The van der Waals surface area contributed by atoms with E-state index in [2.05, 4.69) is 10.6 Å². The van der Waals surface area contributed by atoms with Crippen molar-refractivity contribution in [2.45, 2.75) is 32.9 Å². The molecule has 0 saturated heterocycles. The normalized spacial score (nSPS) is 19.4. The van der Waals surface area contributed by atoms with Gasteiger partial charge < -0.3 is 29.7 Å². The Balaban J connectivity index is 1.77. The Morgan fingerprint density at radius 1 is 1.26 bits per heavy atom. The Bertz CT molecular complexity index is 762. The van der Waals surface area contributed by atoms with E-state index >= 15 is 0 Å². The van der Waals surface area contributed by atoms with E-state index in [1.165, 1.54) is 0 Å². The summed E-state index contributed by atoms with van der Waals surface area (Å²) in [6, 6.07) is 5.22.